The first-order valence-electron chi connectivity index (χ1n) is 8.72. The molecule has 1 aliphatic rings. The molecular formula is C21H22N2O3. The molecular weight excluding hydrogens is 328 g/mol. The Morgan fingerprint density at radius 1 is 1.19 bits per heavy atom. The maximum atomic E-state index is 12.3. The van der Waals surface area contributed by atoms with Gasteiger partial charge in [0, 0.05) is 24.7 Å². The lowest BCUT2D eigenvalue weighted by molar-refractivity contribution is -0.117. The second kappa shape index (κ2) is 8.34. The van der Waals surface area contributed by atoms with Crippen LogP contribution in [0.15, 0.2) is 60.7 Å². The summed E-state index contributed by atoms with van der Waals surface area (Å²) in [7, 11) is 0. The van der Waals surface area contributed by atoms with Crippen LogP contribution in [-0.4, -0.2) is 31.0 Å². The molecule has 0 spiro atoms. The Morgan fingerprint density at radius 2 is 1.92 bits per heavy atom. The zero-order valence-corrected chi connectivity index (χ0v) is 14.7. The first-order chi connectivity index (χ1) is 12.7. The van der Waals surface area contributed by atoms with E-state index in [0.717, 1.165) is 17.0 Å². The summed E-state index contributed by atoms with van der Waals surface area (Å²) in [6.07, 6.45) is 3.56. The number of benzene rings is 2. The molecule has 3 rings (SSSR count). The Hall–Kier alpha value is -3.08. The molecule has 2 amide bonds. The highest BCUT2D eigenvalue weighted by Crippen LogP contribution is 2.24. The van der Waals surface area contributed by atoms with E-state index in [1.807, 2.05) is 61.5 Å². The van der Waals surface area contributed by atoms with Gasteiger partial charge in [-0.05, 0) is 42.8 Å². The summed E-state index contributed by atoms with van der Waals surface area (Å²) in [4.78, 5) is 26.1. The molecule has 1 saturated heterocycles. The molecule has 26 heavy (non-hydrogen) atoms. The number of amides is 2. The molecule has 1 atom stereocenters. The van der Waals surface area contributed by atoms with E-state index in [9.17, 15) is 9.59 Å². The highest BCUT2D eigenvalue weighted by Gasteiger charge is 2.31. The fourth-order valence-corrected chi connectivity index (χ4v) is 2.93. The summed E-state index contributed by atoms with van der Waals surface area (Å²) in [6.45, 7) is 3.00. The summed E-state index contributed by atoms with van der Waals surface area (Å²) >= 11 is 0. The third-order valence-electron chi connectivity index (χ3n) is 4.16. The SMILES string of the molecule is CCOc1ccc(N2C[C@@H](NC(=O)/C=C\c3ccccc3)CC2=O)cc1. The van der Waals surface area contributed by atoms with Crippen molar-refractivity contribution in [2.24, 2.45) is 0 Å². The van der Waals surface area contributed by atoms with Crippen LogP contribution in [0.2, 0.25) is 0 Å². The molecule has 0 unspecified atom stereocenters. The minimum absolute atomic E-state index is 0.00602. The smallest absolute Gasteiger partial charge is 0.244 e. The number of hydrogen-bond acceptors (Lipinski definition) is 3. The van der Waals surface area contributed by atoms with Gasteiger partial charge in [-0.2, -0.15) is 0 Å². The molecule has 1 fully saturated rings. The van der Waals surface area contributed by atoms with Crippen LogP contribution in [0.25, 0.3) is 6.08 Å². The minimum Gasteiger partial charge on any atom is -0.494 e. The van der Waals surface area contributed by atoms with Crippen molar-refractivity contribution < 1.29 is 14.3 Å². The molecule has 2 aromatic carbocycles. The average Bonchev–Trinajstić information content (AvgIpc) is 3.02. The van der Waals surface area contributed by atoms with Gasteiger partial charge in [-0.1, -0.05) is 30.3 Å². The lowest BCUT2D eigenvalue weighted by Crippen LogP contribution is -2.36. The predicted molar refractivity (Wildman–Crippen MR) is 102 cm³/mol. The van der Waals surface area contributed by atoms with Crippen LogP contribution in [0.4, 0.5) is 5.69 Å². The maximum Gasteiger partial charge on any atom is 0.244 e. The van der Waals surface area contributed by atoms with E-state index in [1.54, 1.807) is 11.0 Å². The van der Waals surface area contributed by atoms with E-state index in [0.29, 0.717) is 19.6 Å². The molecule has 5 nitrogen and oxygen atoms in total. The number of carbonyl (C=O) groups excluding carboxylic acids is 2. The predicted octanol–water partition coefficient (Wildman–Crippen LogP) is 3.02. The fraction of sp³-hybridized carbons (Fsp3) is 0.238. The van der Waals surface area contributed by atoms with Crippen molar-refractivity contribution in [1.82, 2.24) is 5.32 Å². The zero-order chi connectivity index (χ0) is 18.4. The van der Waals surface area contributed by atoms with Gasteiger partial charge in [0.25, 0.3) is 0 Å². The van der Waals surface area contributed by atoms with Crippen LogP contribution in [-0.2, 0) is 9.59 Å². The molecule has 134 valence electrons. The fourth-order valence-electron chi connectivity index (χ4n) is 2.93. The van der Waals surface area contributed by atoms with Gasteiger partial charge in [0.2, 0.25) is 11.8 Å². The summed E-state index contributed by atoms with van der Waals surface area (Å²) in [5, 5.41) is 2.90. The number of carbonyl (C=O) groups is 2. The van der Waals surface area contributed by atoms with E-state index in [2.05, 4.69) is 5.32 Å². The Kier molecular flexibility index (Phi) is 5.69. The molecule has 0 bridgehead atoms. The van der Waals surface area contributed by atoms with E-state index in [4.69, 9.17) is 4.74 Å². The van der Waals surface area contributed by atoms with Crippen LogP contribution in [0, 0.1) is 0 Å². The second-order valence-electron chi connectivity index (χ2n) is 6.08. The van der Waals surface area contributed by atoms with E-state index in [-0.39, 0.29) is 17.9 Å². The van der Waals surface area contributed by atoms with Crippen molar-refractivity contribution in [1.29, 1.82) is 0 Å². The lowest BCUT2D eigenvalue weighted by atomic mass is 10.2. The summed E-state index contributed by atoms with van der Waals surface area (Å²) in [5.41, 5.74) is 1.77. The topological polar surface area (TPSA) is 58.6 Å². The third kappa shape index (κ3) is 4.51. The lowest BCUT2D eigenvalue weighted by Gasteiger charge is -2.17. The zero-order valence-electron chi connectivity index (χ0n) is 14.7. The monoisotopic (exact) mass is 350 g/mol. The summed E-state index contributed by atoms with van der Waals surface area (Å²) in [5.74, 6) is 0.588. The van der Waals surface area contributed by atoms with Crippen molar-refractivity contribution in [2.75, 3.05) is 18.1 Å². The van der Waals surface area contributed by atoms with Gasteiger partial charge in [-0.15, -0.1) is 0 Å². The number of hydrogen-bond donors (Lipinski definition) is 1. The molecule has 1 N–H and O–H groups in total. The van der Waals surface area contributed by atoms with Crippen LogP contribution in [0.1, 0.15) is 18.9 Å². The quantitative estimate of drug-likeness (QED) is 0.815. The van der Waals surface area contributed by atoms with Gasteiger partial charge in [0.05, 0.1) is 12.6 Å². The molecule has 0 saturated carbocycles. The normalized spacial score (nSPS) is 16.9. The van der Waals surface area contributed by atoms with Crippen LogP contribution in [0.3, 0.4) is 0 Å². The Balaban J connectivity index is 1.57. The molecule has 0 aliphatic carbocycles. The standard InChI is InChI=1S/C21H22N2O3/c1-2-26-19-11-9-18(10-12-19)23-15-17(14-21(23)25)22-20(24)13-8-16-6-4-3-5-7-16/h3-13,17H,2,14-15H2,1H3,(H,22,24)/b13-8-/t17-/m0/s1. The Bertz CT molecular complexity index is 785. The number of rotatable bonds is 6. The summed E-state index contributed by atoms with van der Waals surface area (Å²) < 4.78 is 5.42. The second-order valence-corrected chi connectivity index (χ2v) is 6.08. The van der Waals surface area contributed by atoms with E-state index >= 15 is 0 Å². The Labute approximate surface area is 153 Å². The minimum atomic E-state index is -0.194. The number of nitrogens with zero attached hydrogens (tertiary/aromatic N) is 1. The van der Waals surface area contributed by atoms with Crippen molar-refractivity contribution in [2.45, 2.75) is 19.4 Å². The number of ether oxygens (including phenoxy) is 1. The van der Waals surface area contributed by atoms with Gasteiger partial charge < -0.3 is 15.0 Å². The molecule has 0 aromatic heterocycles. The van der Waals surface area contributed by atoms with E-state index in [1.165, 1.54) is 6.08 Å². The molecule has 1 aliphatic heterocycles. The number of nitrogens with one attached hydrogen (secondary N) is 1. The third-order valence-corrected chi connectivity index (χ3v) is 4.16. The molecule has 1 heterocycles. The average molecular weight is 350 g/mol. The molecule has 5 heteroatoms. The van der Waals surface area contributed by atoms with Crippen molar-refractivity contribution in [3.05, 3.63) is 66.2 Å². The van der Waals surface area contributed by atoms with Crippen LogP contribution < -0.4 is 15.0 Å². The van der Waals surface area contributed by atoms with Crippen LogP contribution >= 0.6 is 0 Å². The number of anilines is 1. The molecule has 2 aromatic rings. The van der Waals surface area contributed by atoms with E-state index < -0.39 is 0 Å². The van der Waals surface area contributed by atoms with Gasteiger partial charge in [0.1, 0.15) is 5.75 Å². The van der Waals surface area contributed by atoms with Crippen molar-refractivity contribution >= 4 is 23.6 Å². The first-order valence-corrected chi connectivity index (χ1v) is 8.72. The first kappa shape index (κ1) is 17.7. The van der Waals surface area contributed by atoms with Gasteiger partial charge in [-0.25, -0.2) is 0 Å². The van der Waals surface area contributed by atoms with Gasteiger partial charge >= 0.3 is 0 Å². The van der Waals surface area contributed by atoms with Crippen molar-refractivity contribution in [3.63, 3.8) is 0 Å². The highest BCUT2D eigenvalue weighted by molar-refractivity contribution is 5.98. The Morgan fingerprint density at radius 3 is 2.62 bits per heavy atom. The van der Waals surface area contributed by atoms with Gasteiger partial charge in [-0.3, -0.25) is 9.59 Å². The highest BCUT2D eigenvalue weighted by atomic mass is 16.5. The van der Waals surface area contributed by atoms with Crippen molar-refractivity contribution in [3.8, 4) is 5.75 Å². The maximum absolute atomic E-state index is 12.3. The van der Waals surface area contributed by atoms with Gasteiger partial charge in [0.15, 0.2) is 0 Å². The molecule has 0 radical (unpaired) electrons. The largest absolute Gasteiger partial charge is 0.494 e. The summed E-state index contributed by atoms with van der Waals surface area (Å²) in [6, 6.07) is 16.8. The van der Waals surface area contributed by atoms with Crippen LogP contribution in [0.5, 0.6) is 5.75 Å².